The fraction of sp³-hybridized carbons (Fsp3) is 0.478. The van der Waals surface area contributed by atoms with Crippen LogP contribution in [0.15, 0.2) is 42.5 Å². The summed E-state index contributed by atoms with van der Waals surface area (Å²) in [6, 6.07) is 9.81. The molecular weight excluding hydrogens is 388 g/mol. The van der Waals surface area contributed by atoms with Crippen LogP contribution in [0, 0.1) is 11.8 Å². The summed E-state index contributed by atoms with van der Waals surface area (Å²) in [5, 5.41) is 10.3. The van der Waals surface area contributed by atoms with Crippen LogP contribution < -0.4 is 29.6 Å². The van der Waals surface area contributed by atoms with Crippen LogP contribution in [0.3, 0.4) is 0 Å². The van der Waals surface area contributed by atoms with Crippen molar-refractivity contribution in [2.75, 3.05) is 13.7 Å². The van der Waals surface area contributed by atoms with Gasteiger partial charge in [0.15, 0.2) is 0 Å². The van der Waals surface area contributed by atoms with Gasteiger partial charge in [0.05, 0.1) is 25.8 Å². The Labute approximate surface area is 204 Å². The maximum Gasteiger partial charge on any atom is 1.00 e. The Morgan fingerprint density at radius 1 is 1.33 bits per heavy atom. The summed E-state index contributed by atoms with van der Waals surface area (Å²) < 4.78 is 4.60. The van der Waals surface area contributed by atoms with Crippen LogP contribution in [0.2, 0.25) is 0 Å². The molecule has 0 aliphatic carbocycles. The number of likely N-dealkylation sites (tertiary alicyclic amines) is 1. The monoisotopic (exact) mass is 421 g/mol. The summed E-state index contributed by atoms with van der Waals surface area (Å²) in [6.45, 7) is 0.376. The van der Waals surface area contributed by atoms with Crippen molar-refractivity contribution in [3.8, 4) is 11.8 Å². The van der Waals surface area contributed by atoms with Gasteiger partial charge in [0.2, 0.25) is 5.91 Å². The van der Waals surface area contributed by atoms with Crippen molar-refractivity contribution in [2.24, 2.45) is 0 Å². The van der Waals surface area contributed by atoms with E-state index in [-0.39, 0.29) is 55.9 Å². The van der Waals surface area contributed by atoms with Gasteiger partial charge in [-0.05, 0) is 24.8 Å². The van der Waals surface area contributed by atoms with E-state index in [1.54, 1.807) is 11.0 Å². The zero-order valence-corrected chi connectivity index (χ0v) is 19.5. The molecule has 0 bridgehead atoms. The second kappa shape index (κ2) is 16.2. The van der Waals surface area contributed by atoms with Crippen molar-refractivity contribution in [3.63, 3.8) is 0 Å². The molecule has 1 unspecified atom stereocenters. The van der Waals surface area contributed by atoms with Crippen molar-refractivity contribution in [2.45, 2.75) is 57.1 Å². The van der Waals surface area contributed by atoms with E-state index in [1.807, 2.05) is 36.4 Å². The van der Waals surface area contributed by atoms with Gasteiger partial charge >= 0.3 is 35.5 Å². The Hall–Kier alpha value is -1.52. The topological polar surface area (TPSA) is 66.8 Å². The number of esters is 1. The van der Waals surface area contributed by atoms with E-state index >= 15 is 0 Å². The van der Waals surface area contributed by atoms with Crippen molar-refractivity contribution >= 4 is 20.3 Å². The summed E-state index contributed by atoms with van der Waals surface area (Å²) in [5.74, 6) is 5.94. The van der Waals surface area contributed by atoms with Crippen LogP contribution in [-0.4, -0.2) is 56.1 Å². The van der Waals surface area contributed by atoms with Crippen LogP contribution in [0.4, 0.5) is 0 Å². The van der Waals surface area contributed by atoms with E-state index < -0.39 is 6.10 Å². The van der Waals surface area contributed by atoms with E-state index in [0.717, 1.165) is 18.4 Å². The van der Waals surface area contributed by atoms with Crippen molar-refractivity contribution in [3.05, 3.63) is 48.0 Å². The molecule has 1 aliphatic rings. The number of methoxy groups -OCH3 is 1. The number of amides is 1. The number of rotatable bonds is 8. The molecule has 0 spiro atoms. The number of aliphatic hydroxyl groups is 1. The van der Waals surface area contributed by atoms with E-state index in [9.17, 15) is 14.7 Å². The van der Waals surface area contributed by atoms with Crippen LogP contribution in [0.1, 0.15) is 44.1 Å². The molecule has 7 heteroatoms. The molecular formula is C23H33BNNaO4. The largest absolute Gasteiger partial charge is 1.00 e. The number of benzene rings is 1. The Bertz CT molecular complexity index is 730. The fourth-order valence-corrected chi connectivity index (χ4v) is 3.19. The fourth-order valence-electron chi connectivity index (χ4n) is 3.19. The summed E-state index contributed by atoms with van der Waals surface area (Å²) in [6.07, 6.45) is 7.59. The van der Waals surface area contributed by atoms with Gasteiger partial charge < -0.3 is 14.7 Å². The van der Waals surface area contributed by atoms with E-state index in [4.69, 9.17) is 0 Å². The van der Waals surface area contributed by atoms with E-state index in [2.05, 4.69) is 16.6 Å². The molecule has 1 aromatic rings. The van der Waals surface area contributed by atoms with Gasteiger partial charge in [-0.1, -0.05) is 56.8 Å². The minimum absolute atomic E-state index is 0. The predicted octanol–water partition coefficient (Wildman–Crippen LogP) is -1.57. The number of hydrogen-bond donors (Lipinski definition) is 1. The van der Waals surface area contributed by atoms with Crippen LogP contribution in [0.25, 0.3) is 0 Å². The second-order valence-corrected chi connectivity index (χ2v) is 6.91. The second-order valence-electron chi connectivity index (χ2n) is 6.91. The predicted molar refractivity (Wildman–Crippen MR) is 120 cm³/mol. The van der Waals surface area contributed by atoms with Crippen molar-refractivity contribution in [1.82, 2.24) is 4.90 Å². The Balaban J connectivity index is 0.00000420. The Morgan fingerprint density at radius 2 is 2.07 bits per heavy atom. The van der Waals surface area contributed by atoms with E-state index in [1.165, 1.54) is 7.11 Å². The Kier molecular flexibility index (Phi) is 15.4. The van der Waals surface area contributed by atoms with Gasteiger partial charge in [-0.2, -0.15) is 0 Å². The van der Waals surface area contributed by atoms with Gasteiger partial charge in [0.25, 0.3) is 0 Å². The average Bonchev–Trinajstić information content (AvgIpc) is 2.70. The summed E-state index contributed by atoms with van der Waals surface area (Å²) in [7, 11) is 1.38. The van der Waals surface area contributed by atoms with Gasteiger partial charge in [0, 0.05) is 25.7 Å². The molecule has 0 saturated carbocycles. The van der Waals surface area contributed by atoms with Gasteiger partial charge in [-0.25, -0.2) is 0 Å². The normalized spacial score (nSPS) is 16.7. The third-order valence-corrected chi connectivity index (χ3v) is 4.74. The van der Waals surface area contributed by atoms with Crippen LogP contribution in [0.5, 0.6) is 0 Å². The molecule has 1 aliphatic heterocycles. The molecule has 30 heavy (non-hydrogen) atoms. The Morgan fingerprint density at radius 3 is 2.77 bits per heavy atom. The number of nitrogens with zero attached hydrogens (tertiary/aromatic N) is 1. The quantitative estimate of drug-likeness (QED) is 0.181. The molecule has 1 aromatic carbocycles. The van der Waals surface area contributed by atoms with E-state index in [0.29, 0.717) is 38.6 Å². The molecule has 1 N–H and O–H groups in total. The first-order valence-corrected chi connectivity index (χ1v) is 9.82. The molecule has 1 amide bonds. The molecule has 5 nitrogen and oxygen atoms in total. The number of carbonyl (C=O) groups is 2. The molecule has 1 fully saturated rings. The van der Waals surface area contributed by atoms with Crippen molar-refractivity contribution < 1.29 is 49.0 Å². The average molecular weight is 421 g/mol. The van der Waals surface area contributed by atoms with Crippen LogP contribution >= 0.6 is 0 Å². The number of ether oxygens (including phenoxy) is 1. The third kappa shape index (κ3) is 10.5. The number of piperidine rings is 1. The molecule has 158 valence electrons. The molecule has 2 rings (SSSR count). The zero-order chi connectivity index (χ0) is 20.2. The van der Waals surface area contributed by atoms with Gasteiger partial charge in [-0.15, -0.1) is 5.92 Å². The summed E-state index contributed by atoms with van der Waals surface area (Å²) in [4.78, 5) is 25.1. The van der Waals surface area contributed by atoms with Gasteiger partial charge in [0.1, 0.15) is 0 Å². The van der Waals surface area contributed by atoms with Crippen LogP contribution in [-0.2, 0) is 20.7 Å². The minimum atomic E-state index is -0.578. The van der Waals surface area contributed by atoms with Crippen molar-refractivity contribution in [1.29, 1.82) is 0 Å². The van der Waals surface area contributed by atoms with Gasteiger partial charge in [-0.3, -0.25) is 9.59 Å². The first-order valence-electron chi connectivity index (χ1n) is 9.82. The zero-order valence-electron chi connectivity index (χ0n) is 17.5. The molecule has 0 radical (unpaired) electrons. The number of hydrogen-bond acceptors (Lipinski definition) is 4. The first-order chi connectivity index (χ1) is 13.6. The first kappa shape index (κ1) is 28.5. The molecule has 2 atom stereocenters. The SMILES string of the molecule is COC(=O)CCCC#CCN1C(=O)CCC[C@@H]1C=CC(O)Cc1ccccc1.[BH4-].[Na+]. The third-order valence-electron chi connectivity index (χ3n) is 4.74. The maximum absolute atomic E-state index is 12.3. The smallest absolute Gasteiger partial charge is 0.469 e. The summed E-state index contributed by atoms with van der Waals surface area (Å²) >= 11 is 0. The minimum Gasteiger partial charge on any atom is -0.469 e. The number of carbonyl (C=O) groups excluding carboxylic acids is 2. The summed E-state index contributed by atoms with van der Waals surface area (Å²) in [5.41, 5.74) is 1.08. The number of unbranched alkanes of at least 4 members (excludes halogenated alkanes) is 1. The maximum atomic E-state index is 12.3. The molecule has 1 saturated heterocycles. The standard InChI is InChI=1S/C23H29NO4.BH4.Na/c1-28-23(27)14-7-2-3-8-17-24-20(12-9-13-22(24)26)15-16-21(25)18-19-10-5-4-6-11-19;;/h4-6,10-11,15-16,20-21,25H,2,7,9,12-14,17-18H2,1H3;1H4;/q;-1;+1/t20-,21?;;/m1../s1. The number of aliphatic hydroxyl groups excluding tert-OH is 1. The molecule has 1 heterocycles. The molecule has 0 aromatic heterocycles.